The molecule has 4 rings (SSSR count). The maximum atomic E-state index is 12.1. The molecule has 24 heavy (non-hydrogen) atoms. The van der Waals surface area contributed by atoms with Crippen molar-refractivity contribution in [2.75, 3.05) is 23.9 Å². The summed E-state index contributed by atoms with van der Waals surface area (Å²) in [5, 5.41) is 3.65. The average molecular weight is 342 g/mol. The molecule has 0 aliphatic carbocycles. The number of hydrogen-bond acceptors (Lipinski definition) is 6. The number of nitrogens with zero attached hydrogens (tertiary/aromatic N) is 4. The van der Waals surface area contributed by atoms with E-state index in [9.17, 15) is 4.79 Å². The molecule has 1 aliphatic rings. The van der Waals surface area contributed by atoms with Gasteiger partial charge in [-0.25, -0.2) is 4.98 Å². The van der Waals surface area contributed by atoms with Crippen molar-refractivity contribution in [2.45, 2.75) is 0 Å². The van der Waals surface area contributed by atoms with E-state index < -0.39 is 0 Å². The number of methoxy groups -OCH3 is 1. The van der Waals surface area contributed by atoms with Gasteiger partial charge in [-0.1, -0.05) is 0 Å². The smallest absolute Gasteiger partial charge is 0.244 e. The van der Waals surface area contributed by atoms with Crippen molar-refractivity contribution in [3.8, 4) is 5.75 Å². The van der Waals surface area contributed by atoms with Crippen LogP contribution in [0.4, 0.5) is 17.2 Å². The normalized spacial score (nSPS) is 13.6. The number of hydrogen-bond donors (Lipinski definition) is 1. The van der Waals surface area contributed by atoms with Crippen LogP contribution in [0.2, 0.25) is 5.28 Å². The molecule has 1 amide bonds. The van der Waals surface area contributed by atoms with Gasteiger partial charge in [-0.05, 0) is 35.9 Å². The van der Waals surface area contributed by atoms with Crippen LogP contribution >= 0.6 is 11.6 Å². The molecule has 0 fully saturated rings. The maximum absolute atomic E-state index is 12.1. The third-order valence-electron chi connectivity index (χ3n) is 3.75. The van der Waals surface area contributed by atoms with Crippen molar-refractivity contribution in [3.05, 3.63) is 41.8 Å². The van der Waals surface area contributed by atoms with Crippen LogP contribution in [0.25, 0.3) is 11.0 Å². The van der Waals surface area contributed by atoms with Gasteiger partial charge in [0.2, 0.25) is 11.2 Å². The van der Waals surface area contributed by atoms with Gasteiger partial charge in [-0.2, -0.15) is 9.97 Å². The van der Waals surface area contributed by atoms with Gasteiger partial charge >= 0.3 is 0 Å². The first-order valence-electron chi connectivity index (χ1n) is 7.19. The molecule has 0 atom stereocenters. The first-order valence-corrected chi connectivity index (χ1v) is 7.57. The van der Waals surface area contributed by atoms with Crippen LogP contribution in [0.1, 0.15) is 0 Å². The Balaban J connectivity index is 1.94. The highest BCUT2D eigenvalue weighted by Crippen LogP contribution is 2.38. The number of fused-ring (bicyclic) bond motifs is 2. The van der Waals surface area contributed by atoms with Gasteiger partial charge in [0.15, 0.2) is 5.65 Å². The number of rotatable bonds is 2. The first kappa shape index (κ1) is 14.6. The van der Waals surface area contributed by atoms with Gasteiger partial charge in [-0.3, -0.25) is 4.79 Å². The number of benzene rings is 1. The predicted molar refractivity (Wildman–Crippen MR) is 91.0 cm³/mol. The molecule has 7 nitrogen and oxygen atoms in total. The summed E-state index contributed by atoms with van der Waals surface area (Å²) in [6, 6.07) is 9.10. The number of nitrogens with one attached hydrogen (secondary N) is 1. The number of aromatic nitrogens is 3. The molecular formula is C16H12ClN5O2. The number of halogens is 1. The van der Waals surface area contributed by atoms with Crippen molar-refractivity contribution < 1.29 is 9.53 Å². The van der Waals surface area contributed by atoms with Crippen LogP contribution in [0, 0.1) is 0 Å². The fourth-order valence-electron chi connectivity index (χ4n) is 2.71. The predicted octanol–water partition coefficient (Wildman–Crippen LogP) is 2.78. The average Bonchev–Trinajstić information content (AvgIpc) is 2.59. The summed E-state index contributed by atoms with van der Waals surface area (Å²) in [6.45, 7) is 0.122. The van der Waals surface area contributed by atoms with E-state index in [1.807, 2.05) is 18.2 Å². The fourth-order valence-corrected chi connectivity index (χ4v) is 2.87. The molecule has 0 spiro atoms. The molecule has 2 aromatic heterocycles. The zero-order chi connectivity index (χ0) is 16.7. The number of carbonyl (C=O) groups is 1. The minimum Gasteiger partial charge on any atom is -0.497 e. The molecule has 3 heterocycles. The topological polar surface area (TPSA) is 80.2 Å². The van der Waals surface area contributed by atoms with Gasteiger partial charge in [0.25, 0.3) is 0 Å². The summed E-state index contributed by atoms with van der Waals surface area (Å²) in [4.78, 5) is 26.6. The molecular weight excluding hydrogens is 330 g/mol. The second-order valence-electron chi connectivity index (χ2n) is 5.21. The standard InChI is InChI=1S/C16H12ClN5O2/c1-24-9-4-5-12-11(7-9)19-13(23)8-22(12)15-10-3-2-6-18-14(10)20-16(17)21-15/h2-7H,8H2,1H3,(H,19,23). The van der Waals surface area contributed by atoms with E-state index in [-0.39, 0.29) is 17.7 Å². The van der Waals surface area contributed by atoms with E-state index in [1.54, 1.807) is 30.3 Å². The number of pyridine rings is 1. The zero-order valence-corrected chi connectivity index (χ0v) is 13.4. The molecule has 0 unspecified atom stereocenters. The minimum absolute atomic E-state index is 0.0808. The molecule has 3 aromatic rings. The Hall–Kier alpha value is -2.93. The quantitative estimate of drug-likeness (QED) is 0.722. The number of ether oxygens (including phenoxy) is 1. The van der Waals surface area contributed by atoms with Gasteiger partial charge in [0.1, 0.15) is 18.1 Å². The third-order valence-corrected chi connectivity index (χ3v) is 3.92. The van der Waals surface area contributed by atoms with Crippen LogP contribution < -0.4 is 15.0 Å². The Labute approximate surface area is 142 Å². The van der Waals surface area contributed by atoms with Crippen molar-refractivity contribution in [3.63, 3.8) is 0 Å². The highest BCUT2D eigenvalue weighted by molar-refractivity contribution is 6.28. The van der Waals surface area contributed by atoms with Gasteiger partial charge in [-0.15, -0.1) is 0 Å². The highest BCUT2D eigenvalue weighted by Gasteiger charge is 2.26. The van der Waals surface area contributed by atoms with Crippen LogP contribution in [0.3, 0.4) is 0 Å². The molecule has 0 saturated heterocycles. The van der Waals surface area contributed by atoms with Gasteiger partial charge in [0.05, 0.1) is 23.9 Å². The molecule has 8 heteroatoms. The van der Waals surface area contributed by atoms with Crippen molar-refractivity contribution in [1.82, 2.24) is 15.0 Å². The Kier molecular flexibility index (Phi) is 3.42. The number of anilines is 3. The van der Waals surface area contributed by atoms with Gasteiger partial charge < -0.3 is 15.0 Å². The Morgan fingerprint density at radius 2 is 2.17 bits per heavy atom. The van der Waals surface area contributed by atoms with E-state index >= 15 is 0 Å². The van der Waals surface area contributed by atoms with E-state index in [0.29, 0.717) is 22.9 Å². The molecule has 120 valence electrons. The van der Waals surface area contributed by atoms with E-state index in [1.165, 1.54) is 0 Å². The van der Waals surface area contributed by atoms with Crippen LogP contribution in [0.15, 0.2) is 36.5 Å². The molecule has 1 aromatic carbocycles. The molecule has 1 N–H and O–H groups in total. The summed E-state index contributed by atoms with van der Waals surface area (Å²) < 4.78 is 5.22. The lowest BCUT2D eigenvalue weighted by Crippen LogP contribution is -2.35. The lowest BCUT2D eigenvalue weighted by atomic mass is 10.1. The van der Waals surface area contributed by atoms with Crippen LogP contribution in [-0.4, -0.2) is 34.5 Å². The minimum atomic E-state index is -0.150. The zero-order valence-electron chi connectivity index (χ0n) is 12.7. The summed E-state index contributed by atoms with van der Waals surface area (Å²) >= 11 is 6.04. The fraction of sp³-hybridized carbons (Fsp3) is 0.125. The maximum Gasteiger partial charge on any atom is 0.244 e. The lowest BCUT2D eigenvalue weighted by molar-refractivity contribution is -0.115. The second-order valence-corrected chi connectivity index (χ2v) is 5.55. The van der Waals surface area contributed by atoms with Crippen LogP contribution in [0.5, 0.6) is 5.75 Å². The second kappa shape index (κ2) is 5.61. The molecule has 1 aliphatic heterocycles. The van der Waals surface area contributed by atoms with E-state index in [2.05, 4.69) is 20.3 Å². The van der Waals surface area contributed by atoms with E-state index in [4.69, 9.17) is 16.3 Å². The van der Waals surface area contributed by atoms with Crippen molar-refractivity contribution >= 4 is 45.7 Å². The monoisotopic (exact) mass is 341 g/mol. The largest absolute Gasteiger partial charge is 0.497 e. The number of carbonyl (C=O) groups excluding carboxylic acids is 1. The third kappa shape index (κ3) is 2.39. The number of amides is 1. The highest BCUT2D eigenvalue weighted by atomic mass is 35.5. The summed E-state index contributed by atoms with van der Waals surface area (Å²) in [6.07, 6.45) is 1.64. The Morgan fingerprint density at radius 1 is 1.29 bits per heavy atom. The summed E-state index contributed by atoms with van der Waals surface area (Å²) in [7, 11) is 1.58. The first-order chi connectivity index (χ1) is 11.7. The Morgan fingerprint density at radius 3 is 3.00 bits per heavy atom. The lowest BCUT2D eigenvalue weighted by Gasteiger charge is -2.30. The molecule has 0 radical (unpaired) electrons. The molecule has 0 saturated carbocycles. The van der Waals surface area contributed by atoms with Gasteiger partial charge in [0, 0.05) is 12.3 Å². The van der Waals surface area contributed by atoms with Crippen LogP contribution in [-0.2, 0) is 4.79 Å². The summed E-state index contributed by atoms with van der Waals surface area (Å²) in [5.74, 6) is 1.05. The Bertz CT molecular complexity index is 962. The van der Waals surface area contributed by atoms with Crippen molar-refractivity contribution in [2.24, 2.45) is 0 Å². The molecule has 0 bridgehead atoms. The SMILES string of the molecule is COc1ccc2c(c1)NC(=O)CN2c1nc(Cl)nc2ncccc12. The van der Waals surface area contributed by atoms with E-state index in [0.717, 1.165) is 11.1 Å². The van der Waals surface area contributed by atoms with Crippen molar-refractivity contribution in [1.29, 1.82) is 0 Å². The summed E-state index contributed by atoms with van der Waals surface area (Å²) in [5.41, 5.74) is 1.93.